The van der Waals surface area contributed by atoms with Gasteiger partial charge < -0.3 is 10.2 Å². The van der Waals surface area contributed by atoms with Gasteiger partial charge in [-0.3, -0.25) is 9.97 Å². The van der Waals surface area contributed by atoms with Crippen LogP contribution in [0.25, 0.3) is 99.7 Å². The SMILES string of the molecule is CCCCCCC1(CCCCCC)c2cc(-c3ccc4c(c3)C(C[C@H](CC)CCCC)(C[C@H](CC)CCCC)c3cc(-c5ccc(O)c6ncccc56)ccc3-4)ccc2-c2ccc(-c3ccc4c(c3)C(C[C@H](CC)CCCC)(C[C@H](CC)CCCC)c3cc(-c5ccc(O)c6ncccc56)ccc3-4)cc21. The van der Waals surface area contributed by atoms with Crippen LogP contribution in [-0.2, 0) is 16.2 Å². The van der Waals surface area contributed by atoms with Gasteiger partial charge in [-0.25, -0.2) is 0 Å². The molecule has 10 aromatic rings. The Morgan fingerprint density at radius 2 is 0.543 bits per heavy atom. The number of pyridine rings is 2. The maximum absolute atomic E-state index is 11.1. The number of phenols is 2. The Kier molecular flexibility index (Phi) is 24.4. The summed E-state index contributed by atoms with van der Waals surface area (Å²) in [6, 6.07) is 62.2. The summed E-state index contributed by atoms with van der Waals surface area (Å²) in [6.07, 6.45) is 40.0. The molecule has 0 fully saturated rings. The topological polar surface area (TPSA) is 66.2 Å². The first kappa shape index (κ1) is 75.4. The molecule has 13 rings (SSSR count). The highest BCUT2D eigenvalue weighted by atomic mass is 16.3. The lowest BCUT2D eigenvalue weighted by atomic mass is 9.64. The van der Waals surface area contributed by atoms with Crippen LogP contribution >= 0.6 is 0 Å². The van der Waals surface area contributed by atoms with Gasteiger partial charge in [-0.05, 0) is 246 Å². The Bertz CT molecular complexity index is 4300. The highest BCUT2D eigenvalue weighted by Gasteiger charge is 2.49. The van der Waals surface area contributed by atoms with Crippen LogP contribution in [0.3, 0.4) is 0 Å². The largest absolute Gasteiger partial charge is 0.506 e. The molecule has 2 N–H and O–H groups in total. The lowest BCUT2D eigenvalue weighted by Crippen LogP contribution is -2.31. The van der Waals surface area contributed by atoms with Crippen molar-refractivity contribution in [3.05, 3.63) is 203 Å². The Morgan fingerprint density at radius 1 is 0.276 bits per heavy atom. The maximum Gasteiger partial charge on any atom is 0.141 e. The van der Waals surface area contributed by atoms with E-state index in [0.717, 1.165) is 60.4 Å². The number of aromatic nitrogens is 2. The molecule has 0 amide bonds. The van der Waals surface area contributed by atoms with Gasteiger partial charge in [0.1, 0.15) is 22.5 Å². The second-order valence-corrected chi connectivity index (χ2v) is 33.0. The first-order chi connectivity index (χ1) is 51.4. The zero-order valence-electron chi connectivity index (χ0n) is 66.0. The third kappa shape index (κ3) is 14.8. The molecule has 0 spiro atoms. The van der Waals surface area contributed by atoms with Crippen molar-refractivity contribution >= 4 is 21.8 Å². The first-order valence-corrected chi connectivity index (χ1v) is 42.4. The van der Waals surface area contributed by atoms with Gasteiger partial charge >= 0.3 is 0 Å². The monoisotopic (exact) mass is 1400 g/mol. The van der Waals surface area contributed by atoms with Crippen LogP contribution in [0.15, 0.2) is 170 Å². The van der Waals surface area contributed by atoms with Gasteiger partial charge in [0, 0.05) is 39.4 Å². The number of rotatable bonds is 38. The van der Waals surface area contributed by atoms with E-state index in [-0.39, 0.29) is 27.7 Å². The van der Waals surface area contributed by atoms with Crippen molar-refractivity contribution in [1.29, 1.82) is 0 Å². The molecule has 3 aliphatic rings. The van der Waals surface area contributed by atoms with E-state index in [2.05, 4.69) is 203 Å². The molecule has 0 aliphatic heterocycles. The van der Waals surface area contributed by atoms with E-state index in [0.29, 0.717) is 34.7 Å². The highest BCUT2D eigenvalue weighted by molar-refractivity contribution is 6.00. The van der Waals surface area contributed by atoms with Crippen molar-refractivity contribution in [2.75, 3.05) is 0 Å². The molecule has 0 radical (unpaired) electrons. The first-order valence-electron chi connectivity index (χ1n) is 42.4. The van der Waals surface area contributed by atoms with E-state index in [9.17, 15) is 10.2 Å². The van der Waals surface area contributed by atoms with E-state index in [4.69, 9.17) is 9.97 Å². The highest BCUT2D eigenvalue weighted by Crippen LogP contribution is 2.62. The van der Waals surface area contributed by atoms with Crippen molar-refractivity contribution in [2.45, 2.75) is 278 Å². The van der Waals surface area contributed by atoms with Gasteiger partial charge in [0.05, 0.1) is 0 Å². The minimum atomic E-state index is -0.181. The van der Waals surface area contributed by atoms with Crippen LogP contribution < -0.4 is 0 Å². The molecule has 105 heavy (non-hydrogen) atoms. The Morgan fingerprint density at radius 3 is 0.829 bits per heavy atom. The molecule has 4 nitrogen and oxygen atoms in total. The molecule has 2 aromatic heterocycles. The molecular weight excluding hydrogens is 1270 g/mol. The summed E-state index contributed by atoms with van der Waals surface area (Å²) in [5.74, 6) is 2.84. The minimum Gasteiger partial charge on any atom is -0.506 e. The van der Waals surface area contributed by atoms with Crippen LogP contribution in [0, 0.1) is 23.7 Å². The van der Waals surface area contributed by atoms with Crippen molar-refractivity contribution in [2.24, 2.45) is 23.7 Å². The normalized spacial score (nSPS) is 15.3. The maximum atomic E-state index is 11.1. The predicted molar refractivity (Wildman–Crippen MR) is 450 cm³/mol. The molecule has 0 saturated heterocycles. The lowest BCUT2D eigenvalue weighted by Gasteiger charge is -2.39. The third-order valence-corrected chi connectivity index (χ3v) is 26.5. The molecule has 0 bridgehead atoms. The van der Waals surface area contributed by atoms with Crippen molar-refractivity contribution < 1.29 is 10.2 Å². The predicted octanol–water partition coefficient (Wildman–Crippen LogP) is 30.0. The second-order valence-electron chi connectivity index (χ2n) is 33.0. The van der Waals surface area contributed by atoms with E-state index in [1.54, 1.807) is 23.5 Å². The number of hydrogen-bond donors (Lipinski definition) is 2. The van der Waals surface area contributed by atoms with Gasteiger partial charge in [0.15, 0.2) is 0 Å². The molecule has 0 saturated carbocycles. The number of benzene rings is 8. The van der Waals surface area contributed by atoms with E-state index < -0.39 is 0 Å². The molecule has 4 atom stereocenters. The fraction of sp³-hybridized carbons (Fsp3) is 0.465. The number of unbranched alkanes of at least 4 members (excludes halogenated alkanes) is 10. The molecule has 4 heteroatoms. The molecular formula is C101H124N2O2. The molecule has 0 unspecified atom stereocenters. The third-order valence-electron chi connectivity index (χ3n) is 26.5. The summed E-state index contributed by atoms with van der Waals surface area (Å²) in [5, 5.41) is 24.3. The Labute approximate surface area is 632 Å². The summed E-state index contributed by atoms with van der Waals surface area (Å²) in [5.41, 5.74) is 28.6. The van der Waals surface area contributed by atoms with E-state index in [1.807, 2.05) is 24.3 Å². The van der Waals surface area contributed by atoms with Crippen LogP contribution in [-0.4, -0.2) is 20.2 Å². The quantitative estimate of drug-likeness (QED) is 0.0379. The zero-order chi connectivity index (χ0) is 73.2. The average Bonchev–Trinajstić information content (AvgIpc) is 1.56. The van der Waals surface area contributed by atoms with Crippen molar-refractivity contribution in [3.63, 3.8) is 0 Å². The van der Waals surface area contributed by atoms with E-state index >= 15 is 0 Å². The molecule has 550 valence electrons. The summed E-state index contributed by atoms with van der Waals surface area (Å²) in [6.45, 7) is 24.1. The van der Waals surface area contributed by atoms with E-state index in [1.165, 1.54) is 243 Å². The molecule has 2 heterocycles. The number of aromatic hydroxyl groups is 2. The van der Waals surface area contributed by atoms with Crippen LogP contribution in [0.4, 0.5) is 0 Å². The van der Waals surface area contributed by atoms with Crippen LogP contribution in [0.5, 0.6) is 11.5 Å². The summed E-state index contributed by atoms with van der Waals surface area (Å²) in [4.78, 5) is 9.42. The fourth-order valence-electron chi connectivity index (χ4n) is 20.5. The second kappa shape index (κ2) is 34.0. The van der Waals surface area contributed by atoms with Gasteiger partial charge in [0.25, 0.3) is 0 Å². The van der Waals surface area contributed by atoms with Crippen LogP contribution in [0.1, 0.15) is 295 Å². The summed E-state index contributed by atoms with van der Waals surface area (Å²) in [7, 11) is 0. The molecule has 8 aromatic carbocycles. The molecule has 3 aliphatic carbocycles. The summed E-state index contributed by atoms with van der Waals surface area (Å²) >= 11 is 0. The van der Waals surface area contributed by atoms with Gasteiger partial charge in [0.2, 0.25) is 0 Å². The van der Waals surface area contributed by atoms with Gasteiger partial charge in [-0.15, -0.1) is 0 Å². The summed E-state index contributed by atoms with van der Waals surface area (Å²) < 4.78 is 0. The Hall–Kier alpha value is -7.82. The minimum absolute atomic E-state index is 0.136. The Balaban J connectivity index is 0.967. The van der Waals surface area contributed by atoms with Crippen molar-refractivity contribution in [3.8, 4) is 89.4 Å². The average molecular weight is 1400 g/mol. The number of hydrogen-bond acceptors (Lipinski definition) is 4. The number of fused-ring (bicyclic) bond motifs is 11. The van der Waals surface area contributed by atoms with Crippen LogP contribution in [0.2, 0.25) is 0 Å². The van der Waals surface area contributed by atoms with Gasteiger partial charge in [-0.1, -0.05) is 308 Å². The van der Waals surface area contributed by atoms with Crippen molar-refractivity contribution in [1.82, 2.24) is 9.97 Å². The standard InChI is InChI=1S/C101H124N2O2/c1-11-21-27-29-55-99(56-30-28-22-12-2)89-59-73(75-41-47-83-85-49-43-77(79-51-53-95(104)97-87(79)37-31-57-102-97)63-93(85)100(91(83)61-75,65-69(17-7)33-23-13-3)66-70(18-8)34-24-14-4)39-45-81(89)82-46-40-74(60-90(82)99)76-42-48-84-86-50-44-78(80-52-54-96(105)98-88(80)38-32-58-103-98)64-94(86)101(92(84)62-76,67-71(19-9)35-25-15-5)68-72(20-10)36-26-16-6/h31-32,37-54,57-64,69-72,104-105H,11-30,33-36,55-56,65-68H2,1-10H3/t69-,70-,71-,72-/m1/s1. The smallest absolute Gasteiger partial charge is 0.141 e. The number of nitrogens with zero attached hydrogens (tertiary/aromatic N) is 2. The fourth-order valence-corrected chi connectivity index (χ4v) is 20.5. The zero-order valence-corrected chi connectivity index (χ0v) is 66.0. The number of phenolic OH excluding ortho intramolecular Hbond substituents is 2. The van der Waals surface area contributed by atoms with Gasteiger partial charge in [-0.2, -0.15) is 0 Å². The lowest BCUT2D eigenvalue weighted by molar-refractivity contribution is 0.266.